The van der Waals surface area contributed by atoms with Crippen LogP contribution in [0.1, 0.15) is 62.3 Å². The minimum atomic E-state index is -0.519. The first-order valence-corrected chi connectivity index (χ1v) is 12.3. The van der Waals surface area contributed by atoms with Crippen LogP contribution in [0.3, 0.4) is 0 Å². The number of thiocarbonyl (C=S) groups is 1. The maximum atomic E-state index is 13.5. The predicted octanol–water partition coefficient (Wildman–Crippen LogP) is 5.90. The van der Waals surface area contributed by atoms with Crippen LogP contribution in [0.25, 0.3) is 6.08 Å². The van der Waals surface area contributed by atoms with Crippen molar-refractivity contribution in [3.8, 4) is 0 Å². The molecule has 0 radical (unpaired) electrons. The zero-order chi connectivity index (χ0) is 24.9. The van der Waals surface area contributed by atoms with Gasteiger partial charge in [-0.1, -0.05) is 30.7 Å². The van der Waals surface area contributed by atoms with Gasteiger partial charge in [-0.25, -0.2) is 0 Å². The SMILES string of the molecule is CCN1c2cc(Cl)c(/C=C3/C(=O)NC(=S)N(c4cccc(C)c4C)C3=O)cc2C(C)CC1(C)C. The minimum absolute atomic E-state index is 0.00694. The molecule has 0 spiro atoms. The third kappa shape index (κ3) is 4.03. The first-order valence-electron chi connectivity index (χ1n) is 11.5. The molecule has 0 saturated carbocycles. The maximum Gasteiger partial charge on any atom is 0.270 e. The third-order valence-electron chi connectivity index (χ3n) is 7.04. The second-order valence-corrected chi connectivity index (χ2v) is 10.6. The molecule has 0 aromatic heterocycles. The molecule has 4 rings (SSSR count). The van der Waals surface area contributed by atoms with E-state index >= 15 is 0 Å². The molecule has 2 aromatic carbocycles. The summed E-state index contributed by atoms with van der Waals surface area (Å²) in [5, 5.41) is 3.25. The highest BCUT2D eigenvalue weighted by Gasteiger charge is 2.37. The molecule has 2 amide bonds. The average Bonchev–Trinajstić information content (AvgIpc) is 2.74. The monoisotopic (exact) mass is 495 g/mol. The Morgan fingerprint density at radius 1 is 1.21 bits per heavy atom. The lowest BCUT2D eigenvalue weighted by atomic mass is 9.79. The van der Waals surface area contributed by atoms with Gasteiger partial charge in [-0.3, -0.25) is 19.8 Å². The van der Waals surface area contributed by atoms with Gasteiger partial charge in [-0.05, 0) is 106 Å². The number of anilines is 2. The fraction of sp³-hybridized carbons (Fsp3) is 0.370. The summed E-state index contributed by atoms with van der Waals surface area (Å²) in [6.07, 6.45) is 2.59. The quantitative estimate of drug-likeness (QED) is 0.327. The van der Waals surface area contributed by atoms with E-state index in [1.165, 1.54) is 10.5 Å². The molecule has 1 saturated heterocycles. The van der Waals surface area contributed by atoms with Gasteiger partial charge < -0.3 is 4.90 Å². The van der Waals surface area contributed by atoms with Crippen molar-refractivity contribution >= 4 is 58.2 Å². The molecule has 34 heavy (non-hydrogen) atoms. The molecule has 2 aliphatic heterocycles. The Balaban J connectivity index is 1.80. The van der Waals surface area contributed by atoms with Crippen LogP contribution in [0.4, 0.5) is 11.4 Å². The molecule has 0 aliphatic carbocycles. The van der Waals surface area contributed by atoms with Crippen LogP contribution in [0.5, 0.6) is 0 Å². The number of rotatable bonds is 3. The zero-order valence-corrected chi connectivity index (χ0v) is 22.0. The fourth-order valence-electron chi connectivity index (χ4n) is 5.24. The van der Waals surface area contributed by atoms with E-state index in [0.717, 1.165) is 29.8 Å². The summed E-state index contributed by atoms with van der Waals surface area (Å²) >= 11 is 12.1. The molecule has 2 aromatic rings. The number of carbonyl (C=O) groups excluding carboxylic acids is 2. The van der Waals surface area contributed by atoms with Gasteiger partial charge >= 0.3 is 0 Å². The summed E-state index contributed by atoms with van der Waals surface area (Å²) in [4.78, 5) is 30.1. The Labute approximate surface area is 211 Å². The van der Waals surface area contributed by atoms with Gasteiger partial charge in [0.25, 0.3) is 11.8 Å². The van der Waals surface area contributed by atoms with Gasteiger partial charge in [0.05, 0.1) is 5.69 Å². The molecule has 5 nitrogen and oxygen atoms in total. The van der Waals surface area contributed by atoms with Gasteiger partial charge in [0.1, 0.15) is 5.57 Å². The van der Waals surface area contributed by atoms with E-state index < -0.39 is 11.8 Å². The normalized spacial score (nSPS) is 21.1. The van der Waals surface area contributed by atoms with Crippen molar-refractivity contribution in [2.24, 2.45) is 0 Å². The van der Waals surface area contributed by atoms with Crippen molar-refractivity contribution in [2.45, 2.75) is 59.4 Å². The van der Waals surface area contributed by atoms with Crippen molar-refractivity contribution in [3.63, 3.8) is 0 Å². The lowest BCUT2D eigenvalue weighted by Crippen LogP contribution is -2.54. The van der Waals surface area contributed by atoms with E-state index in [1.54, 1.807) is 6.08 Å². The fourth-order valence-corrected chi connectivity index (χ4v) is 5.73. The minimum Gasteiger partial charge on any atom is -0.366 e. The lowest BCUT2D eigenvalue weighted by Gasteiger charge is -2.47. The molecule has 2 aliphatic rings. The van der Waals surface area contributed by atoms with Crippen molar-refractivity contribution in [3.05, 3.63) is 63.2 Å². The Hall–Kier alpha value is -2.70. The molecule has 178 valence electrons. The molecular weight excluding hydrogens is 466 g/mol. The van der Waals surface area contributed by atoms with E-state index in [4.69, 9.17) is 23.8 Å². The van der Waals surface area contributed by atoms with E-state index in [9.17, 15) is 9.59 Å². The van der Waals surface area contributed by atoms with Gasteiger partial charge in [-0.15, -0.1) is 0 Å². The first-order chi connectivity index (χ1) is 16.0. The molecule has 1 fully saturated rings. The number of halogens is 1. The Kier molecular flexibility index (Phi) is 6.34. The number of hydrogen-bond acceptors (Lipinski definition) is 4. The van der Waals surface area contributed by atoms with E-state index in [-0.39, 0.29) is 16.2 Å². The third-order valence-corrected chi connectivity index (χ3v) is 7.65. The zero-order valence-electron chi connectivity index (χ0n) is 20.5. The first kappa shape index (κ1) is 24.4. The molecule has 7 heteroatoms. The Morgan fingerprint density at radius 3 is 2.59 bits per heavy atom. The lowest BCUT2D eigenvalue weighted by molar-refractivity contribution is -0.122. The second kappa shape index (κ2) is 8.82. The van der Waals surface area contributed by atoms with Crippen LogP contribution in [0.2, 0.25) is 5.02 Å². The number of aryl methyl sites for hydroxylation is 1. The van der Waals surface area contributed by atoms with Crippen molar-refractivity contribution in [2.75, 3.05) is 16.3 Å². The van der Waals surface area contributed by atoms with Crippen LogP contribution in [-0.4, -0.2) is 29.0 Å². The van der Waals surface area contributed by atoms with E-state index in [1.807, 2.05) is 44.2 Å². The maximum absolute atomic E-state index is 13.5. The molecule has 1 unspecified atom stereocenters. The highest BCUT2D eigenvalue weighted by Crippen LogP contribution is 2.45. The highest BCUT2D eigenvalue weighted by atomic mass is 35.5. The number of fused-ring (bicyclic) bond motifs is 1. The molecular formula is C27H30ClN3O2S. The number of nitrogens with zero attached hydrogens (tertiary/aromatic N) is 2. The summed E-state index contributed by atoms with van der Waals surface area (Å²) in [6.45, 7) is 13.6. The number of carbonyl (C=O) groups is 2. The molecule has 0 bridgehead atoms. The van der Waals surface area contributed by atoms with Crippen LogP contribution < -0.4 is 15.1 Å². The Morgan fingerprint density at radius 2 is 1.91 bits per heavy atom. The highest BCUT2D eigenvalue weighted by molar-refractivity contribution is 7.80. The summed E-state index contributed by atoms with van der Waals surface area (Å²) in [5.74, 6) is -0.660. The van der Waals surface area contributed by atoms with Gasteiger partial charge in [0.15, 0.2) is 5.11 Å². The molecule has 2 heterocycles. The Bertz CT molecular complexity index is 1250. The van der Waals surface area contributed by atoms with Crippen LogP contribution >= 0.6 is 23.8 Å². The van der Waals surface area contributed by atoms with Crippen LogP contribution in [0.15, 0.2) is 35.9 Å². The number of hydrogen-bond donors (Lipinski definition) is 1. The van der Waals surface area contributed by atoms with Crippen molar-refractivity contribution < 1.29 is 9.59 Å². The van der Waals surface area contributed by atoms with Gasteiger partial charge in [-0.2, -0.15) is 0 Å². The smallest absolute Gasteiger partial charge is 0.270 e. The molecule has 1 N–H and O–H groups in total. The van der Waals surface area contributed by atoms with Crippen molar-refractivity contribution in [1.82, 2.24) is 5.32 Å². The largest absolute Gasteiger partial charge is 0.366 e. The number of amides is 2. The van der Waals surface area contributed by atoms with Gasteiger partial charge in [0, 0.05) is 22.8 Å². The van der Waals surface area contributed by atoms with Crippen LogP contribution in [0, 0.1) is 13.8 Å². The van der Waals surface area contributed by atoms with Crippen LogP contribution in [-0.2, 0) is 9.59 Å². The standard InChI is InChI=1S/C27H30ClN3O2S/c1-7-30-23-13-21(28)18(11-19(23)16(3)14-27(30,5)6)12-20-24(32)29-26(34)31(25(20)33)22-10-8-9-15(2)17(22)4/h8-13,16H,7,14H2,1-6H3,(H,29,32,34)/b20-12-. The number of nitrogens with one attached hydrogen (secondary N) is 1. The summed E-state index contributed by atoms with van der Waals surface area (Å²) in [5.41, 5.74) is 5.57. The molecule has 1 atom stereocenters. The van der Waals surface area contributed by atoms with Crippen molar-refractivity contribution in [1.29, 1.82) is 0 Å². The van der Waals surface area contributed by atoms with E-state index in [2.05, 4.69) is 37.9 Å². The second-order valence-electron chi connectivity index (χ2n) is 9.77. The summed E-state index contributed by atoms with van der Waals surface area (Å²) in [6, 6.07) is 9.65. The summed E-state index contributed by atoms with van der Waals surface area (Å²) in [7, 11) is 0. The predicted molar refractivity (Wildman–Crippen MR) is 144 cm³/mol. The van der Waals surface area contributed by atoms with E-state index in [0.29, 0.717) is 22.2 Å². The number of benzene rings is 2. The average molecular weight is 496 g/mol. The topological polar surface area (TPSA) is 52.7 Å². The summed E-state index contributed by atoms with van der Waals surface area (Å²) < 4.78 is 0. The van der Waals surface area contributed by atoms with Gasteiger partial charge in [0.2, 0.25) is 0 Å².